The van der Waals surface area contributed by atoms with Gasteiger partial charge in [0.25, 0.3) is 5.91 Å². The molecule has 140 valence electrons. The molecule has 0 amide bonds. The summed E-state index contributed by atoms with van der Waals surface area (Å²) < 4.78 is 19.7. The molecule has 0 aliphatic heterocycles. The van der Waals surface area contributed by atoms with Gasteiger partial charge in [0, 0.05) is 12.1 Å². The lowest BCUT2D eigenvalue weighted by atomic mass is 10.1. The maximum Gasteiger partial charge on any atom is 0.281 e. The Morgan fingerprint density at radius 2 is 1.86 bits per heavy atom. The standard InChI is InChI=1S/C21H17FN4O2/c1-14-4-6-15(7-5-14)13-23-21-24-19(18-3-2-12-28-18)25-26(21)20(27)16-8-10-17(22)11-9-16/h2-12H,13H2,1H3,(H,23,24,25). The van der Waals surface area contributed by atoms with Gasteiger partial charge in [0.05, 0.1) is 6.26 Å². The fourth-order valence-corrected chi connectivity index (χ4v) is 2.68. The van der Waals surface area contributed by atoms with E-state index in [4.69, 9.17) is 4.42 Å². The molecule has 6 nitrogen and oxygen atoms in total. The number of nitrogens with one attached hydrogen (secondary N) is 1. The van der Waals surface area contributed by atoms with Crippen molar-refractivity contribution in [2.75, 3.05) is 5.32 Å². The summed E-state index contributed by atoms with van der Waals surface area (Å²) in [5, 5.41) is 7.43. The quantitative estimate of drug-likeness (QED) is 0.563. The number of benzene rings is 2. The number of carbonyl (C=O) groups excluding carboxylic acids is 1. The van der Waals surface area contributed by atoms with Gasteiger partial charge < -0.3 is 9.73 Å². The highest BCUT2D eigenvalue weighted by molar-refractivity contribution is 5.97. The first-order chi connectivity index (χ1) is 13.6. The zero-order valence-corrected chi connectivity index (χ0v) is 15.1. The van der Waals surface area contributed by atoms with Gasteiger partial charge in [-0.15, -0.1) is 5.10 Å². The number of nitrogens with zero attached hydrogens (tertiary/aromatic N) is 3. The predicted molar refractivity (Wildman–Crippen MR) is 102 cm³/mol. The van der Waals surface area contributed by atoms with Crippen LogP contribution in [0.2, 0.25) is 0 Å². The van der Waals surface area contributed by atoms with Crippen molar-refractivity contribution in [2.45, 2.75) is 13.5 Å². The molecule has 0 aliphatic rings. The zero-order chi connectivity index (χ0) is 19.5. The van der Waals surface area contributed by atoms with Crippen molar-refractivity contribution in [1.29, 1.82) is 0 Å². The molecule has 0 atom stereocenters. The number of halogens is 1. The monoisotopic (exact) mass is 376 g/mol. The number of anilines is 1. The second-order valence-corrected chi connectivity index (χ2v) is 6.30. The van der Waals surface area contributed by atoms with Crippen LogP contribution in [0, 0.1) is 12.7 Å². The molecule has 4 aromatic rings. The summed E-state index contributed by atoms with van der Waals surface area (Å²) in [6.07, 6.45) is 1.51. The van der Waals surface area contributed by atoms with Gasteiger partial charge in [-0.2, -0.15) is 9.67 Å². The number of aryl methyl sites for hydroxylation is 1. The van der Waals surface area contributed by atoms with Gasteiger partial charge >= 0.3 is 0 Å². The topological polar surface area (TPSA) is 73.0 Å². The zero-order valence-electron chi connectivity index (χ0n) is 15.1. The largest absolute Gasteiger partial charge is 0.461 e. The maximum absolute atomic E-state index is 13.2. The molecule has 0 saturated heterocycles. The number of aromatic nitrogens is 3. The van der Waals surface area contributed by atoms with Crippen molar-refractivity contribution >= 4 is 11.9 Å². The first-order valence-corrected chi connectivity index (χ1v) is 8.71. The summed E-state index contributed by atoms with van der Waals surface area (Å²) in [6.45, 7) is 2.48. The average Bonchev–Trinajstić information content (AvgIpc) is 3.37. The van der Waals surface area contributed by atoms with E-state index in [1.165, 1.54) is 40.8 Å². The number of carbonyl (C=O) groups is 1. The Kier molecular flexibility index (Phi) is 4.72. The normalized spacial score (nSPS) is 10.8. The van der Waals surface area contributed by atoms with E-state index in [0.717, 1.165) is 5.56 Å². The van der Waals surface area contributed by atoms with Crippen molar-refractivity contribution in [2.24, 2.45) is 0 Å². The summed E-state index contributed by atoms with van der Waals surface area (Å²) >= 11 is 0. The Morgan fingerprint density at radius 1 is 1.11 bits per heavy atom. The molecule has 0 unspecified atom stereocenters. The van der Waals surface area contributed by atoms with Crippen LogP contribution in [0.1, 0.15) is 21.5 Å². The Hall–Kier alpha value is -3.74. The summed E-state index contributed by atoms with van der Waals surface area (Å²) in [4.78, 5) is 17.3. The van der Waals surface area contributed by atoms with E-state index in [9.17, 15) is 9.18 Å². The van der Waals surface area contributed by atoms with Crippen LogP contribution in [-0.4, -0.2) is 20.7 Å². The van der Waals surface area contributed by atoms with E-state index in [-0.39, 0.29) is 11.8 Å². The fourth-order valence-electron chi connectivity index (χ4n) is 2.68. The average molecular weight is 376 g/mol. The van der Waals surface area contributed by atoms with Crippen molar-refractivity contribution in [3.8, 4) is 11.6 Å². The van der Waals surface area contributed by atoms with E-state index < -0.39 is 11.7 Å². The molecule has 7 heteroatoms. The SMILES string of the molecule is Cc1ccc(CNc2nc(-c3ccco3)nn2C(=O)c2ccc(F)cc2)cc1. The molecule has 4 rings (SSSR count). The van der Waals surface area contributed by atoms with Gasteiger partial charge in [-0.25, -0.2) is 4.39 Å². The molecule has 0 radical (unpaired) electrons. The van der Waals surface area contributed by atoms with Gasteiger partial charge in [-0.3, -0.25) is 4.79 Å². The Labute approximate surface area is 160 Å². The molecule has 0 spiro atoms. The number of rotatable bonds is 5. The predicted octanol–water partition coefficient (Wildman–Crippen LogP) is 4.29. The molecule has 2 aromatic carbocycles. The van der Waals surface area contributed by atoms with E-state index in [0.29, 0.717) is 17.9 Å². The van der Waals surface area contributed by atoms with Crippen LogP contribution >= 0.6 is 0 Å². The second-order valence-electron chi connectivity index (χ2n) is 6.30. The van der Waals surface area contributed by atoms with Gasteiger partial charge in [0.1, 0.15) is 5.82 Å². The van der Waals surface area contributed by atoms with Crippen LogP contribution in [0.4, 0.5) is 10.3 Å². The molecular formula is C21H17FN4O2. The van der Waals surface area contributed by atoms with E-state index in [2.05, 4.69) is 15.4 Å². The highest BCUT2D eigenvalue weighted by atomic mass is 19.1. The number of furan rings is 1. The Morgan fingerprint density at radius 3 is 2.54 bits per heavy atom. The van der Waals surface area contributed by atoms with Crippen LogP contribution in [0.25, 0.3) is 11.6 Å². The third kappa shape index (κ3) is 3.68. The number of hydrogen-bond acceptors (Lipinski definition) is 5. The lowest BCUT2D eigenvalue weighted by molar-refractivity contribution is 0.0947. The molecule has 28 heavy (non-hydrogen) atoms. The van der Waals surface area contributed by atoms with Crippen molar-refractivity contribution in [3.63, 3.8) is 0 Å². The minimum atomic E-state index is -0.420. The second kappa shape index (κ2) is 7.48. The van der Waals surface area contributed by atoms with Crippen molar-refractivity contribution < 1.29 is 13.6 Å². The minimum absolute atomic E-state index is 0.279. The van der Waals surface area contributed by atoms with Crippen LogP contribution in [0.3, 0.4) is 0 Å². The van der Waals surface area contributed by atoms with Gasteiger partial charge in [-0.1, -0.05) is 29.8 Å². The molecule has 0 bridgehead atoms. The molecule has 2 aromatic heterocycles. The summed E-state index contributed by atoms with van der Waals surface area (Å²) in [5.41, 5.74) is 2.50. The Balaban J connectivity index is 1.66. The fraction of sp³-hybridized carbons (Fsp3) is 0.0952. The molecule has 0 fully saturated rings. The lowest BCUT2D eigenvalue weighted by Crippen LogP contribution is -2.17. The van der Waals surface area contributed by atoms with Crippen LogP contribution in [0.5, 0.6) is 0 Å². The Bertz CT molecular complexity index is 1080. The minimum Gasteiger partial charge on any atom is -0.461 e. The van der Waals surface area contributed by atoms with Crippen molar-refractivity contribution in [1.82, 2.24) is 14.8 Å². The van der Waals surface area contributed by atoms with Crippen molar-refractivity contribution in [3.05, 3.63) is 89.4 Å². The molecule has 0 saturated carbocycles. The van der Waals surface area contributed by atoms with Gasteiger partial charge in [0.15, 0.2) is 5.76 Å². The summed E-state index contributed by atoms with van der Waals surface area (Å²) in [5.74, 6) is 0.179. The van der Waals surface area contributed by atoms with Crippen LogP contribution in [-0.2, 0) is 6.54 Å². The molecule has 0 aliphatic carbocycles. The highest BCUT2D eigenvalue weighted by Gasteiger charge is 2.20. The molecule has 1 N–H and O–H groups in total. The number of hydrogen-bond donors (Lipinski definition) is 1. The summed E-state index contributed by atoms with van der Waals surface area (Å²) in [6, 6.07) is 16.7. The third-order valence-electron chi connectivity index (χ3n) is 4.20. The van der Waals surface area contributed by atoms with E-state index in [1.807, 2.05) is 31.2 Å². The van der Waals surface area contributed by atoms with Gasteiger partial charge in [0.2, 0.25) is 11.8 Å². The lowest BCUT2D eigenvalue weighted by Gasteiger charge is -2.07. The van der Waals surface area contributed by atoms with E-state index in [1.54, 1.807) is 12.1 Å². The smallest absolute Gasteiger partial charge is 0.281 e. The molecule has 2 heterocycles. The maximum atomic E-state index is 13.2. The first-order valence-electron chi connectivity index (χ1n) is 8.71. The summed E-state index contributed by atoms with van der Waals surface area (Å²) in [7, 11) is 0. The van der Waals surface area contributed by atoms with E-state index >= 15 is 0 Å². The van der Waals surface area contributed by atoms with Crippen LogP contribution in [0.15, 0.2) is 71.3 Å². The first kappa shape index (κ1) is 17.7. The third-order valence-corrected chi connectivity index (χ3v) is 4.20. The van der Waals surface area contributed by atoms with Gasteiger partial charge in [-0.05, 0) is 48.9 Å². The molecular weight excluding hydrogens is 359 g/mol. The highest BCUT2D eigenvalue weighted by Crippen LogP contribution is 2.20. The van der Waals surface area contributed by atoms with Crippen LogP contribution < -0.4 is 5.32 Å².